The first kappa shape index (κ1) is 22.3. The van der Waals surface area contributed by atoms with Gasteiger partial charge < -0.3 is 0 Å². The number of rotatable bonds is 5. The Morgan fingerprint density at radius 1 is 0.594 bits per heavy atom. The first-order chi connectivity index (χ1) is 15.4. The summed E-state index contributed by atoms with van der Waals surface area (Å²) in [6, 6.07) is 38.6. The second-order valence-electron chi connectivity index (χ2n) is 9.00. The van der Waals surface area contributed by atoms with Crippen LogP contribution in [-0.2, 0) is 8.49 Å². The van der Waals surface area contributed by atoms with Gasteiger partial charge in [0.25, 0.3) is 0 Å². The van der Waals surface area contributed by atoms with Crippen LogP contribution in [0.3, 0.4) is 0 Å². The molecule has 0 unspecified atom stereocenters. The van der Waals surface area contributed by atoms with Crippen molar-refractivity contribution in [3.05, 3.63) is 126 Å². The molecule has 0 atom stereocenters. The fourth-order valence-electron chi connectivity index (χ4n) is 4.00. The molecule has 0 N–H and O–H groups in total. The van der Waals surface area contributed by atoms with Crippen LogP contribution in [0.2, 0.25) is 0 Å². The number of benzene rings is 4. The minimum atomic E-state index is -4.10. The number of carbonyl (C=O) groups excluding carboxylic acids is 1. The van der Waals surface area contributed by atoms with Gasteiger partial charge in [-0.05, 0) is 0 Å². The summed E-state index contributed by atoms with van der Waals surface area (Å²) in [5, 5.41) is 0. The van der Waals surface area contributed by atoms with Crippen molar-refractivity contribution in [1.82, 2.24) is 0 Å². The zero-order valence-corrected chi connectivity index (χ0v) is 21.6. The Labute approximate surface area is 195 Å². The van der Waals surface area contributed by atoms with Crippen molar-refractivity contribution in [1.29, 1.82) is 0 Å². The molecule has 0 aliphatic heterocycles. The van der Waals surface area contributed by atoms with E-state index < -0.39 is 18.8 Å². The van der Waals surface area contributed by atoms with Crippen molar-refractivity contribution < 1.29 is 7.87 Å². The van der Waals surface area contributed by atoms with Gasteiger partial charge in [-0.1, -0.05) is 0 Å². The fourth-order valence-corrected chi connectivity index (χ4v) is 14.7. The molecule has 2 nitrogen and oxygen atoms in total. The van der Waals surface area contributed by atoms with Gasteiger partial charge in [0.2, 0.25) is 0 Å². The molecule has 0 amide bonds. The van der Waals surface area contributed by atoms with E-state index in [1.807, 2.05) is 78.9 Å². The van der Waals surface area contributed by atoms with Crippen LogP contribution in [0, 0.1) is 0 Å². The van der Waals surface area contributed by atoms with Gasteiger partial charge in [-0.25, -0.2) is 0 Å². The first-order valence-corrected chi connectivity index (χ1v) is 16.4. The van der Waals surface area contributed by atoms with Crippen molar-refractivity contribution in [2.24, 2.45) is 0 Å². The van der Waals surface area contributed by atoms with E-state index in [2.05, 4.69) is 57.2 Å². The molecule has 0 heterocycles. The SMILES string of the molecule is CC(C)(C)c1ccc(C(=O)[O][Sn]([c]2ccccc2)([c]2ccccc2)[c]2ccccc2)cc1. The van der Waals surface area contributed by atoms with Crippen LogP contribution in [0.1, 0.15) is 36.7 Å². The van der Waals surface area contributed by atoms with E-state index in [-0.39, 0.29) is 11.4 Å². The van der Waals surface area contributed by atoms with E-state index in [0.29, 0.717) is 5.56 Å². The average molecular weight is 527 g/mol. The van der Waals surface area contributed by atoms with Crippen molar-refractivity contribution in [3.63, 3.8) is 0 Å². The van der Waals surface area contributed by atoms with Gasteiger partial charge in [0.05, 0.1) is 0 Å². The Kier molecular flexibility index (Phi) is 6.52. The third-order valence-corrected chi connectivity index (χ3v) is 17.0. The number of hydrogen-bond acceptors (Lipinski definition) is 2. The molecule has 32 heavy (non-hydrogen) atoms. The minimum absolute atomic E-state index is 0.0313. The maximum atomic E-state index is 13.6. The summed E-state index contributed by atoms with van der Waals surface area (Å²) >= 11 is -4.10. The predicted molar refractivity (Wildman–Crippen MR) is 135 cm³/mol. The topological polar surface area (TPSA) is 26.3 Å². The summed E-state index contributed by atoms with van der Waals surface area (Å²) in [5.41, 5.74) is 1.81. The van der Waals surface area contributed by atoms with Gasteiger partial charge in [0.15, 0.2) is 0 Å². The Morgan fingerprint density at radius 3 is 1.31 bits per heavy atom. The van der Waals surface area contributed by atoms with Gasteiger partial charge >= 0.3 is 196 Å². The zero-order valence-electron chi connectivity index (χ0n) is 18.8. The van der Waals surface area contributed by atoms with Gasteiger partial charge in [-0.3, -0.25) is 0 Å². The molecule has 0 radical (unpaired) electrons. The van der Waals surface area contributed by atoms with Gasteiger partial charge in [-0.15, -0.1) is 0 Å². The maximum absolute atomic E-state index is 13.6. The van der Waals surface area contributed by atoms with E-state index in [1.165, 1.54) is 5.56 Å². The number of carbonyl (C=O) groups is 1. The molecule has 0 fully saturated rings. The molecule has 160 valence electrons. The molecule has 4 aromatic rings. The standard InChI is InChI=1S/C11H14O2.3C6H5.Sn/c1-11(2,3)9-6-4-8(5-7-9)10(12)13;3*1-2-4-6-5-3-1;/h4-7H,1-3H3,(H,12,13);3*1-5H;/q;;;;+1/p-1. The molecule has 0 aliphatic carbocycles. The third-order valence-electron chi connectivity index (χ3n) is 5.77. The van der Waals surface area contributed by atoms with Crippen molar-refractivity contribution in [3.8, 4) is 0 Å². The second kappa shape index (κ2) is 9.33. The van der Waals surface area contributed by atoms with Crippen LogP contribution in [0.15, 0.2) is 115 Å². The normalized spacial score (nSPS) is 11.7. The van der Waals surface area contributed by atoms with Crippen LogP contribution in [0.4, 0.5) is 0 Å². The molecule has 4 rings (SSSR count). The quantitative estimate of drug-likeness (QED) is 0.349. The summed E-state index contributed by atoms with van der Waals surface area (Å²) < 4.78 is 10.0. The molecule has 0 spiro atoms. The summed E-state index contributed by atoms with van der Waals surface area (Å²) in [5.74, 6) is -0.266. The molecular weight excluding hydrogens is 499 g/mol. The summed E-state index contributed by atoms with van der Waals surface area (Å²) in [6.45, 7) is 6.51. The van der Waals surface area contributed by atoms with E-state index in [4.69, 9.17) is 3.07 Å². The summed E-state index contributed by atoms with van der Waals surface area (Å²) in [4.78, 5) is 13.6. The number of hydrogen-bond donors (Lipinski definition) is 0. The van der Waals surface area contributed by atoms with E-state index >= 15 is 0 Å². The van der Waals surface area contributed by atoms with Gasteiger partial charge in [-0.2, -0.15) is 0 Å². The zero-order chi connectivity index (χ0) is 22.6. The Balaban J connectivity index is 1.85. The van der Waals surface area contributed by atoms with E-state index in [9.17, 15) is 4.79 Å². The van der Waals surface area contributed by atoms with Crippen LogP contribution in [-0.4, -0.2) is 24.8 Å². The monoisotopic (exact) mass is 528 g/mol. The second-order valence-corrected chi connectivity index (χ2v) is 18.4. The van der Waals surface area contributed by atoms with Gasteiger partial charge in [0, 0.05) is 0 Å². The first-order valence-electron chi connectivity index (χ1n) is 10.9. The molecule has 0 aliphatic rings. The molecular formula is C29H28O2Sn. The Bertz CT molecular complexity index is 1070. The van der Waals surface area contributed by atoms with Crippen molar-refractivity contribution in [2.75, 3.05) is 0 Å². The Morgan fingerprint density at radius 2 is 0.969 bits per heavy atom. The van der Waals surface area contributed by atoms with E-state index in [1.54, 1.807) is 0 Å². The van der Waals surface area contributed by atoms with Crippen molar-refractivity contribution >= 4 is 35.5 Å². The third kappa shape index (κ3) is 4.51. The average Bonchev–Trinajstić information content (AvgIpc) is 2.83. The molecule has 0 saturated carbocycles. The van der Waals surface area contributed by atoms with Crippen molar-refractivity contribution in [2.45, 2.75) is 26.2 Å². The fraction of sp³-hybridized carbons (Fsp3) is 0.138. The predicted octanol–water partition coefficient (Wildman–Crippen LogP) is 4.81. The van der Waals surface area contributed by atoms with Crippen LogP contribution >= 0.6 is 0 Å². The van der Waals surface area contributed by atoms with E-state index in [0.717, 1.165) is 10.7 Å². The summed E-state index contributed by atoms with van der Waals surface area (Å²) in [7, 11) is 0. The Hall–Kier alpha value is -2.85. The van der Waals surface area contributed by atoms with Crippen LogP contribution in [0.25, 0.3) is 0 Å². The van der Waals surface area contributed by atoms with Gasteiger partial charge in [0.1, 0.15) is 0 Å². The molecule has 0 bridgehead atoms. The molecule has 4 aromatic carbocycles. The summed E-state index contributed by atoms with van der Waals surface area (Å²) in [6.07, 6.45) is 0. The van der Waals surface area contributed by atoms with Crippen LogP contribution in [0.5, 0.6) is 0 Å². The van der Waals surface area contributed by atoms with Crippen LogP contribution < -0.4 is 10.7 Å². The molecule has 0 saturated heterocycles. The molecule has 0 aromatic heterocycles. The molecule has 3 heteroatoms.